The second kappa shape index (κ2) is 8.16. The first kappa shape index (κ1) is 21.7. The molecule has 0 saturated carbocycles. The molecule has 2 aliphatic heterocycles. The van der Waals surface area contributed by atoms with Crippen molar-refractivity contribution in [3.8, 4) is 22.8 Å². The zero-order chi connectivity index (χ0) is 24.3. The highest BCUT2D eigenvalue weighted by atomic mass is 19.1. The summed E-state index contributed by atoms with van der Waals surface area (Å²) in [5.74, 6) is -0.483. The van der Waals surface area contributed by atoms with Gasteiger partial charge in [-0.3, -0.25) is 9.78 Å². The molecule has 0 radical (unpaired) electrons. The first-order valence-electron chi connectivity index (χ1n) is 11.7. The molecule has 4 heterocycles. The minimum Gasteiger partial charge on any atom is -0.508 e. The number of aromatic hydroxyl groups is 1. The highest BCUT2D eigenvalue weighted by Gasteiger charge is 2.33. The number of carbonyl (C=O) groups is 1. The van der Waals surface area contributed by atoms with Gasteiger partial charge in [-0.2, -0.15) is 0 Å². The largest absolute Gasteiger partial charge is 0.508 e. The Morgan fingerprint density at radius 3 is 2.66 bits per heavy atom. The van der Waals surface area contributed by atoms with Gasteiger partial charge in [0.2, 0.25) is 5.88 Å². The Hall–Kier alpha value is -3.78. The van der Waals surface area contributed by atoms with Crippen LogP contribution in [0.25, 0.3) is 32.9 Å². The number of ether oxygens (including phenoxy) is 1. The van der Waals surface area contributed by atoms with E-state index in [2.05, 4.69) is 15.2 Å². The second-order valence-electron chi connectivity index (χ2n) is 9.39. The Morgan fingerprint density at radius 2 is 1.94 bits per heavy atom. The Bertz CT molecular complexity index is 1490. The van der Waals surface area contributed by atoms with Gasteiger partial charge in [-0.05, 0) is 55.0 Å². The van der Waals surface area contributed by atoms with E-state index in [4.69, 9.17) is 9.72 Å². The summed E-state index contributed by atoms with van der Waals surface area (Å²) in [7, 11) is 1.58. The molecule has 2 N–H and O–H groups in total. The van der Waals surface area contributed by atoms with E-state index in [1.54, 1.807) is 19.4 Å². The number of piperazine rings is 1. The van der Waals surface area contributed by atoms with Crippen molar-refractivity contribution in [2.24, 2.45) is 0 Å². The van der Waals surface area contributed by atoms with Gasteiger partial charge < -0.3 is 20.1 Å². The third-order valence-corrected chi connectivity index (χ3v) is 7.08. The van der Waals surface area contributed by atoms with Crippen molar-refractivity contribution in [3.05, 3.63) is 54.0 Å². The lowest BCUT2D eigenvalue weighted by Gasteiger charge is -2.35. The van der Waals surface area contributed by atoms with Gasteiger partial charge in [-0.1, -0.05) is 6.07 Å². The van der Waals surface area contributed by atoms with Crippen LogP contribution in [-0.4, -0.2) is 53.1 Å². The number of Topliss-reactive ketones (excluding diaryl/α,β-unsaturated/α-hetero) is 1. The van der Waals surface area contributed by atoms with Crippen LogP contribution in [0.2, 0.25) is 0 Å². The van der Waals surface area contributed by atoms with Crippen LogP contribution in [0.3, 0.4) is 0 Å². The van der Waals surface area contributed by atoms with E-state index in [9.17, 15) is 14.3 Å². The van der Waals surface area contributed by atoms with Crippen molar-refractivity contribution < 1.29 is 19.0 Å². The molecule has 35 heavy (non-hydrogen) atoms. The third-order valence-electron chi connectivity index (χ3n) is 7.08. The average molecular weight is 473 g/mol. The van der Waals surface area contributed by atoms with Crippen molar-refractivity contribution >= 4 is 33.3 Å². The zero-order valence-electron chi connectivity index (χ0n) is 19.5. The lowest BCUT2D eigenvalue weighted by molar-refractivity contribution is 0.101. The molecule has 8 heteroatoms. The predicted octanol–water partition coefficient (Wildman–Crippen LogP) is 4.45. The molecule has 0 spiro atoms. The van der Waals surface area contributed by atoms with Crippen molar-refractivity contribution in [2.45, 2.75) is 31.8 Å². The number of anilines is 1. The first-order valence-corrected chi connectivity index (χ1v) is 11.7. The summed E-state index contributed by atoms with van der Waals surface area (Å²) >= 11 is 0. The molecular formula is C27H25FN4O3. The number of fused-ring (bicyclic) bond motifs is 4. The summed E-state index contributed by atoms with van der Waals surface area (Å²) in [6.07, 6.45) is 4.02. The Labute approximate surface area is 201 Å². The molecule has 2 aromatic carbocycles. The van der Waals surface area contributed by atoms with Crippen molar-refractivity contribution in [3.63, 3.8) is 0 Å². The Kier molecular flexibility index (Phi) is 5.07. The van der Waals surface area contributed by atoms with E-state index >= 15 is 0 Å². The molecule has 0 amide bonds. The van der Waals surface area contributed by atoms with Crippen LogP contribution in [0.1, 0.15) is 30.1 Å². The summed E-state index contributed by atoms with van der Waals surface area (Å²) in [6, 6.07) is 10.6. The van der Waals surface area contributed by atoms with Crippen LogP contribution in [0.5, 0.6) is 11.6 Å². The van der Waals surface area contributed by atoms with Gasteiger partial charge in [0.25, 0.3) is 0 Å². The van der Waals surface area contributed by atoms with Gasteiger partial charge >= 0.3 is 0 Å². The van der Waals surface area contributed by atoms with E-state index in [1.807, 2.05) is 12.1 Å². The van der Waals surface area contributed by atoms with Crippen LogP contribution >= 0.6 is 0 Å². The fraction of sp³-hybridized carbons (Fsp3) is 0.296. The molecule has 2 saturated heterocycles. The van der Waals surface area contributed by atoms with Crippen molar-refractivity contribution in [2.75, 3.05) is 25.1 Å². The molecule has 2 aliphatic rings. The number of nitrogens with zero attached hydrogens (tertiary/aromatic N) is 3. The van der Waals surface area contributed by atoms with Gasteiger partial charge in [-0.15, -0.1) is 0 Å². The van der Waals surface area contributed by atoms with Crippen LogP contribution in [0.15, 0.2) is 42.6 Å². The van der Waals surface area contributed by atoms with Gasteiger partial charge in [0.1, 0.15) is 17.1 Å². The number of nitrogens with one attached hydrogen (secondary N) is 1. The number of phenols is 1. The van der Waals surface area contributed by atoms with Crippen LogP contribution < -0.4 is 15.0 Å². The number of ketones is 1. The summed E-state index contributed by atoms with van der Waals surface area (Å²) < 4.78 is 20.2. The molecular weight excluding hydrogens is 447 g/mol. The Morgan fingerprint density at radius 1 is 1.17 bits per heavy atom. The van der Waals surface area contributed by atoms with Gasteiger partial charge in [-0.25, -0.2) is 9.37 Å². The number of methoxy groups -OCH3 is 1. The van der Waals surface area contributed by atoms with E-state index in [0.717, 1.165) is 24.3 Å². The van der Waals surface area contributed by atoms with Gasteiger partial charge in [0.15, 0.2) is 5.78 Å². The topological polar surface area (TPSA) is 87.6 Å². The van der Waals surface area contributed by atoms with Gasteiger partial charge in [0, 0.05) is 48.4 Å². The highest BCUT2D eigenvalue weighted by Crippen LogP contribution is 2.38. The molecule has 2 aromatic heterocycles. The number of benzene rings is 2. The Balaban J connectivity index is 1.55. The average Bonchev–Trinajstić information content (AvgIpc) is 3.19. The van der Waals surface area contributed by atoms with Crippen LogP contribution in [0.4, 0.5) is 10.1 Å². The quantitative estimate of drug-likeness (QED) is 0.425. The monoisotopic (exact) mass is 472 g/mol. The number of aromatic nitrogens is 2. The molecule has 7 nitrogen and oxygen atoms in total. The summed E-state index contributed by atoms with van der Waals surface area (Å²) in [5, 5.41) is 15.1. The standard InChI is InChI=1S/C27H25FN4O3/c1-14(33)25-21(28)6-3-15-7-19(34)9-20(26(15)25)16-8-22-27(29-11-16)23(10-24(31-22)35-2)32-12-17-4-5-18(13-32)30-17/h3,6-11,17-18,30,34H,4-5,12-13H2,1-2H3. The van der Waals surface area contributed by atoms with Crippen molar-refractivity contribution in [1.29, 1.82) is 0 Å². The lowest BCUT2D eigenvalue weighted by Crippen LogP contribution is -2.51. The number of hydrogen-bond donors (Lipinski definition) is 2. The van der Waals surface area contributed by atoms with Crippen molar-refractivity contribution in [1.82, 2.24) is 15.3 Å². The molecule has 6 rings (SSSR count). The lowest BCUT2D eigenvalue weighted by atomic mass is 9.93. The maximum Gasteiger partial charge on any atom is 0.215 e. The maximum atomic E-state index is 14.7. The second-order valence-corrected chi connectivity index (χ2v) is 9.39. The van der Waals surface area contributed by atoms with Gasteiger partial charge in [0.05, 0.1) is 23.9 Å². The summed E-state index contributed by atoms with van der Waals surface area (Å²) in [4.78, 5) is 24.1. The minimum atomic E-state index is -0.596. The molecule has 2 fully saturated rings. The van der Waals surface area contributed by atoms with E-state index in [-0.39, 0.29) is 17.1 Å². The third kappa shape index (κ3) is 3.65. The molecule has 4 aromatic rings. The number of halogens is 1. The number of carbonyl (C=O) groups excluding carboxylic acids is 1. The number of hydrogen-bond acceptors (Lipinski definition) is 7. The van der Waals surface area contributed by atoms with E-state index in [1.165, 1.54) is 38.0 Å². The number of phenolic OH excluding ortho intramolecular Hbond substituents is 1. The fourth-order valence-corrected chi connectivity index (χ4v) is 5.56. The summed E-state index contributed by atoms with van der Waals surface area (Å²) in [5.41, 5.74) is 3.48. The normalized spacial score (nSPS) is 19.5. The molecule has 2 bridgehead atoms. The fourth-order valence-electron chi connectivity index (χ4n) is 5.56. The predicted molar refractivity (Wildman–Crippen MR) is 133 cm³/mol. The zero-order valence-corrected chi connectivity index (χ0v) is 19.5. The smallest absolute Gasteiger partial charge is 0.215 e. The molecule has 2 unspecified atom stereocenters. The first-order chi connectivity index (χ1) is 16.9. The minimum absolute atomic E-state index is 0.00632. The maximum absolute atomic E-state index is 14.7. The molecule has 0 aliphatic carbocycles. The molecule has 2 atom stereocenters. The SMILES string of the molecule is COc1cc(N2CC3CCC(C2)N3)c2ncc(-c3cc(O)cc4ccc(F)c(C(C)=O)c34)cc2n1. The van der Waals surface area contributed by atoms with E-state index in [0.29, 0.717) is 45.4 Å². The van der Waals surface area contributed by atoms with E-state index < -0.39 is 5.82 Å². The summed E-state index contributed by atoms with van der Waals surface area (Å²) in [6.45, 7) is 3.12. The number of pyridine rings is 2. The molecule has 178 valence electrons. The van der Waals surface area contributed by atoms with Crippen LogP contribution in [0, 0.1) is 5.82 Å². The highest BCUT2D eigenvalue weighted by molar-refractivity contribution is 6.13. The number of rotatable bonds is 4. The van der Waals surface area contributed by atoms with Crippen LogP contribution in [-0.2, 0) is 0 Å².